The Morgan fingerprint density at radius 2 is 1.74 bits per heavy atom. The first-order chi connectivity index (χ1) is 13.1. The van der Waals surface area contributed by atoms with E-state index >= 15 is 0 Å². The van der Waals surface area contributed by atoms with E-state index in [9.17, 15) is 10.1 Å². The molecule has 1 unspecified atom stereocenters. The summed E-state index contributed by atoms with van der Waals surface area (Å²) in [5, 5.41) is 11.1. The second-order valence-corrected chi connectivity index (χ2v) is 6.50. The molecule has 0 aromatic heterocycles. The Labute approximate surface area is 158 Å². The SMILES string of the molecule is COc1ccc([N+](=O)[O-])cc1CN1CCCC1c1ccc(OC)c(OC)c1. The lowest BCUT2D eigenvalue weighted by molar-refractivity contribution is -0.385. The molecule has 0 N–H and O–H groups in total. The number of hydrogen-bond donors (Lipinski definition) is 0. The van der Waals surface area contributed by atoms with E-state index in [1.54, 1.807) is 33.5 Å². The van der Waals surface area contributed by atoms with E-state index in [0.717, 1.165) is 30.5 Å². The molecule has 1 fully saturated rings. The fourth-order valence-electron chi connectivity index (χ4n) is 3.67. The third-order valence-electron chi connectivity index (χ3n) is 5.00. The van der Waals surface area contributed by atoms with Gasteiger partial charge in [-0.15, -0.1) is 0 Å². The summed E-state index contributed by atoms with van der Waals surface area (Å²) >= 11 is 0. The molecule has 2 aromatic rings. The van der Waals surface area contributed by atoms with Crippen molar-refractivity contribution in [1.82, 2.24) is 4.90 Å². The van der Waals surface area contributed by atoms with Crippen molar-refractivity contribution in [2.45, 2.75) is 25.4 Å². The van der Waals surface area contributed by atoms with Crippen molar-refractivity contribution in [3.8, 4) is 17.2 Å². The first-order valence-electron chi connectivity index (χ1n) is 8.84. The molecule has 1 atom stereocenters. The van der Waals surface area contributed by atoms with Crippen LogP contribution >= 0.6 is 0 Å². The standard InChI is InChI=1S/C20H24N2O5/c1-25-18-9-7-16(22(23)24)11-15(18)13-21-10-4-5-17(21)14-6-8-19(26-2)20(12-14)27-3/h6-9,11-12,17H,4-5,10,13H2,1-3H3. The highest BCUT2D eigenvalue weighted by atomic mass is 16.6. The van der Waals surface area contributed by atoms with Crippen LogP contribution in [-0.2, 0) is 6.54 Å². The van der Waals surface area contributed by atoms with Crippen LogP contribution in [0, 0.1) is 10.1 Å². The second-order valence-electron chi connectivity index (χ2n) is 6.50. The molecular weight excluding hydrogens is 348 g/mol. The van der Waals surface area contributed by atoms with Gasteiger partial charge in [0, 0.05) is 30.3 Å². The lowest BCUT2D eigenvalue weighted by atomic mass is 10.0. The van der Waals surface area contributed by atoms with Gasteiger partial charge in [-0.25, -0.2) is 0 Å². The number of nitrogens with zero attached hydrogens (tertiary/aromatic N) is 2. The van der Waals surface area contributed by atoms with Crippen LogP contribution in [-0.4, -0.2) is 37.7 Å². The molecule has 0 radical (unpaired) electrons. The number of methoxy groups -OCH3 is 3. The van der Waals surface area contributed by atoms with Crippen molar-refractivity contribution < 1.29 is 19.1 Å². The summed E-state index contributed by atoms with van der Waals surface area (Å²) in [4.78, 5) is 13.1. The van der Waals surface area contributed by atoms with Gasteiger partial charge in [0.05, 0.1) is 26.3 Å². The molecule has 27 heavy (non-hydrogen) atoms. The van der Waals surface area contributed by atoms with E-state index < -0.39 is 0 Å². The zero-order chi connectivity index (χ0) is 19.4. The minimum atomic E-state index is -0.376. The van der Waals surface area contributed by atoms with Crippen molar-refractivity contribution >= 4 is 5.69 Å². The van der Waals surface area contributed by atoms with E-state index in [0.29, 0.717) is 23.8 Å². The molecular formula is C20H24N2O5. The minimum Gasteiger partial charge on any atom is -0.496 e. The van der Waals surface area contributed by atoms with Crippen molar-refractivity contribution in [3.63, 3.8) is 0 Å². The number of non-ortho nitro benzene ring substituents is 1. The molecule has 1 heterocycles. The Hall–Kier alpha value is -2.80. The monoisotopic (exact) mass is 372 g/mol. The predicted octanol–water partition coefficient (Wildman–Crippen LogP) is 3.96. The number of ether oxygens (including phenoxy) is 3. The van der Waals surface area contributed by atoms with Crippen LogP contribution in [0.4, 0.5) is 5.69 Å². The Bertz CT molecular complexity index is 824. The topological polar surface area (TPSA) is 74.1 Å². The zero-order valence-corrected chi connectivity index (χ0v) is 15.8. The van der Waals surface area contributed by atoms with Crippen LogP contribution in [0.1, 0.15) is 30.0 Å². The Balaban J connectivity index is 1.87. The highest BCUT2D eigenvalue weighted by Gasteiger charge is 2.28. The highest BCUT2D eigenvalue weighted by molar-refractivity contribution is 5.45. The van der Waals surface area contributed by atoms with Gasteiger partial charge in [-0.05, 0) is 43.1 Å². The largest absolute Gasteiger partial charge is 0.496 e. The van der Waals surface area contributed by atoms with E-state index in [2.05, 4.69) is 11.0 Å². The van der Waals surface area contributed by atoms with Gasteiger partial charge in [0.1, 0.15) is 5.75 Å². The van der Waals surface area contributed by atoms with Crippen LogP contribution in [0.25, 0.3) is 0 Å². The number of nitro groups is 1. The Morgan fingerprint density at radius 1 is 1.04 bits per heavy atom. The van der Waals surface area contributed by atoms with Gasteiger partial charge in [-0.2, -0.15) is 0 Å². The molecule has 0 saturated carbocycles. The maximum Gasteiger partial charge on any atom is 0.270 e. The summed E-state index contributed by atoms with van der Waals surface area (Å²) in [5.41, 5.74) is 2.04. The smallest absolute Gasteiger partial charge is 0.270 e. The van der Waals surface area contributed by atoms with Gasteiger partial charge in [-0.1, -0.05) is 6.07 Å². The normalized spacial score (nSPS) is 16.9. The molecule has 144 valence electrons. The van der Waals surface area contributed by atoms with Crippen molar-refractivity contribution in [2.24, 2.45) is 0 Å². The summed E-state index contributed by atoms with van der Waals surface area (Å²) < 4.78 is 16.2. The fraction of sp³-hybridized carbons (Fsp3) is 0.400. The van der Waals surface area contributed by atoms with Gasteiger partial charge in [0.25, 0.3) is 5.69 Å². The molecule has 1 aliphatic rings. The van der Waals surface area contributed by atoms with E-state index in [-0.39, 0.29) is 16.7 Å². The van der Waals surface area contributed by atoms with Crippen LogP contribution in [0.3, 0.4) is 0 Å². The molecule has 3 rings (SSSR count). The molecule has 0 bridgehead atoms. The van der Waals surface area contributed by atoms with Crippen molar-refractivity contribution in [2.75, 3.05) is 27.9 Å². The molecule has 7 heteroatoms. The van der Waals surface area contributed by atoms with E-state index in [1.165, 1.54) is 6.07 Å². The molecule has 0 spiro atoms. The number of rotatable bonds is 7. The van der Waals surface area contributed by atoms with Crippen molar-refractivity contribution in [1.29, 1.82) is 0 Å². The molecule has 1 saturated heterocycles. The number of hydrogen-bond acceptors (Lipinski definition) is 6. The lowest BCUT2D eigenvalue weighted by Gasteiger charge is -2.26. The summed E-state index contributed by atoms with van der Waals surface area (Å²) in [6.45, 7) is 1.51. The number of nitro benzene ring substituents is 1. The Kier molecular flexibility index (Phi) is 5.81. The quantitative estimate of drug-likeness (QED) is 0.541. The van der Waals surface area contributed by atoms with Gasteiger partial charge in [0.2, 0.25) is 0 Å². The average molecular weight is 372 g/mol. The summed E-state index contributed by atoms with van der Waals surface area (Å²) in [5.74, 6) is 2.07. The zero-order valence-electron chi connectivity index (χ0n) is 15.8. The van der Waals surface area contributed by atoms with Crippen molar-refractivity contribution in [3.05, 3.63) is 57.6 Å². The maximum absolute atomic E-state index is 11.1. The summed E-state index contributed by atoms with van der Waals surface area (Å²) in [7, 11) is 4.83. The maximum atomic E-state index is 11.1. The first kappa shape index (κ1) is 19.0. The molecule has 7 nitrogen and oxygen atoms in total. The molecule has 0 aliphatic carbocycles. The molecule has 1 aliphatic heterocycles. The highest BCUT2D eigenvalue weighted by Crippen LogP contribution is 2.38. The molecule has 0 amide bonds. The first-order valence-corrected chi connectivity index (χ1v) is 8.84. The van der Waals surface area contributed by atoms with E-state index in [4.69, 9.17) is 14.2 Å². The number of likely N-dealkylation sites (tertiary alicyclic amines) is 1. The average Bonchev–Trinajstić information content (AvgIpc) is 3.15. The van der Waals surface area contributed by atoms with Crippen LogP contribution in [0.2, 0.25) is 0 Å². The summed E-state index contributed by atoms with van der Waals surface area (Å²) in [6, 6.07) is 10.9. The minimum absolute atomic E-state index is 0.0765. The summed E-state index contributed by atoms with van der Waals surface area (Å²) in [6.07, 6.45) is 2.09. The van der Waals surface area contributed by atoms with Gasteiger partial charge in [-0.3, -0.25) is 15.0 Å². The van der Waals surface area contributed by atoms with Gasteiger partial charge >= 0.3 is 0 Å². The fourth-order valence-corrected chi connectivity index (χ4v) is 3.67. The third-order valence-corrected chi connectivity index (χ3v) is 5.00. The van der Waals surface area contributed by atoms with Gasteiger partial charge < -0.3 is 14.2 Å². The second kappa shape index (κ2) is 8.26. The van der Waals surface area contributed by atoms with Crippen LogP contribution < -0.4 is 14.2 Å². The van der Waals surface area contributed by atoms with Crippen LogP contribution in [0.5, 0.6) is 17.2 Å². The Morgan fingerprint density at radius 3 is 2.41 bits per heavy atom. The predicted molar refractivity (Wildman–Crippen MR) is 102 cm³/mol. The van der Waals surface area contributed by atoms with Crippen LogP contribution in [0.15, 0.2) is 36.4 Å². The third kappa shape index (κ3) is 3.98. The van der Waals surface area contributed by atoms with E-state index in [1.807, 2.05) is 12.1 Å². The number of benzene rings is 2. The lowest BCUT2D eigenvalue weighted by Crippen LogP contribution is -2.23. The molecule has 2 aromatic carbocycles. The van der Waals surface area contributed by atoms with Gasteiger partial charge in [0.15, 0.2) is 11.5 Å².